The first-order chi connectivity index (χ1) is 14.5. The van der Waals surface area contributed by atoms with Crippen molar-refractivity contribution in [1.82, 2.24) is 4.90 Å². The molecule has 0 radical (unpaired) electrons. The van der Waals surface area contributed by atoms with Crippen LogP contribution in [0.3, 0.4) is 0 Å². The minimum atomic E-state index is -0.231. The molecule has 3 aliphatic carbocycles. The Balaban J connectivity index is 1.90. The molecular weight excluding hydrogens is 390 g/mol. The highest BCUT2D eigenvalue weighted by molar-refractivity contribution is 5.66. The van der Waals surface area contributed by atoms with Crippen molar-refractivity contribution in [2.75, 3.05) is 27.2 Å². The van der Waals surface area contributed by atoms with Crippen LogP contribution in [0.4, 0.5) is 0 Å². The highest BCUT2D eigenvalue weighted by atomic mass is 16.5. The van der Waals surface area contributed by atoms with Crippen LogP contribution in [0, 0.1) is 34.5 Å². The predicted molar refractivity (Wildman–Crippen MR) is 122 cm³/mol. The van der Waals surface area contributed by atoms with E-state index in [9.17, 15) is 9.59 Å². The third-order valence-electron chi connectivity index (χ3n) is 9.12. The summed E-state index contributed by atoms with van der Waals surface area (Å²) >= 11 is 0. The lowest BCUT2D eigenvalue weighted by atomic mass is 9.49. The van der Waals surface area contributed by atoms with Gasteiger partial charge in [-0.25, -0.2) is 0 Å². The molecule has 3 rings (SSSR count). The summed E-state index contributed by atoms with van der Waals surface area (Å²) in [6, 6.07) is 0. The molecule has 0 aromatic heterocycles. The molecule has 3 saturated carbocycles. The molecule has 0 aliphatic heterocycles. The van der Waals surface area contributed by atoms with Gasteiger partial charge in [-0.05, 0) is 87.6 Å². The fraction of sp³-hybridized carbons (Fsp3) is 0.846. The molecule has 0 heterocycles. The summed E-state index contributed by atoms with van der Waals surface area (Å²) in [7, 11) is 4.37. The van der Waals surface area contributed by atoms with Crippen molar-refractivity contribution in [1.29, 1.82) is 0 Å². The minimum Gasteiger partial charge on any atom is -0.466 e. The first kappa shape index (κ1) is 24.3. The molecule has 3 fully saturated rings. The van der Waals surface area contributed by atoms with Crippen molar-refractivity contribution in [2.45, 2.75) is 78.7 Å². The van der Waals surface area contributed by atoms with Crippen LogP contribution in [0.25, 0.3) is 0 Å². The Morgan fingerprint density at radius 1 is 1.06 bits per heavy atom. The third kappa shape index (κ3) is 4.86. The van der Waals surface area contributed by atoms with Crippen LogP contribution in [-0.4, -0.2) is 50.2 Å². The number of fused-ring (bicyclic) bond motifs is 1. The first-order valence-electron chi connectivity index (χ1n) is 12.1. The van der Waals surface area contributed by atoms with Gasteiger partial charge in [0.1, 0.15) is 6.10 Å². The van der Waals surface area contributed by atoms with Crippen molar-refractivity contribution in [3.8, 4) is 0 Å². The molecular formula is C26H43NO4. The highest BCUT2D eigenvalue weighted by Crippen LogP contribution is 2.63. The van der Waals surface area contributed by atoms with Gasteiger partial charge in [0.2, 0.25) is 0 Å². The maximum absolute atomic E-state index is 11.6. The van der Waals surface area contributed by atoms with E-state index in [-0.39, 0.29) is 34.8 Å². The summed E-state index contributed by atoms with van der Waals surface area (Å²) in [5.41, 5.74) is 1.77. The van der Waals surface area contributed by atoms with Gasteiger partial charge in [-0.2, -0.15) is 0 Å². The number of hydrogen-bond donors (Lipinski definition) is 0. The lowest BCUT2D eigenvalue weighted by Crippen LogP contribution is -2.53. The molecule has 176 valence electrons. The van der Waals surface area contributed by atoms with Crippen molar-refractivity contribution in [2.24, 2.45) is 34.5 Å². The molecule has 0 amide bonds. The average Bonchev–Trinajstić information content (AvgIpc) is 2.97. The van der Waals surface area contributed by atoms with Gasteiger partial charge in [0.15, 0.2) is 0 Å². The molecule has 0 bridgehead atoms. The van der Waals surface area contributed by atoms with E-state index in [0.29, 0.717) is 24.4 Å². The Morgan fingerprint density at radius 2 is 1.77 bits per heavy atom. The second-order valence-electron chi connectivity index (χ2n) is 11.2. The fourth-order valence-corrected chi connectivity index (χ4v) is 7.38. The summed E-state index contributed by atoms with van der Waals surface area (Å²) in [5, 5.41) is 0. The fourth-order valence-electron chi connectivity index (χ4n) is 7.38. The van der Waals surface area contributed by atoms with Gasteiger partial charge < -0.3 is 14.4 Å². The summed E-state index contributed by atoms with van der Waals surface area (Å²) in [6.07, 6.45) is 7.40. The van der Waals surface area contributed by atoms with Crippen molar-refractivity contribution in [3.63, 3.8) is 0 Å². The smallest absolute Gasteiger partial charge is 0.302 e. The van der Waals surface area contributed by atoms with Gasteiger partial charge in [0.25, 0.3) is 0 Å². The molecule has 0 aromatic rings. The molecule has 0 spiro atoms. The Hall–Kier alpha value is -1.36. The molecule has 0 N–H and O–H groups in total. The van der Waals surface area contributed by atoms with E-state index < -0.39 is 0 Å². The monoisotopic (exact) mass is 433 g/mol. The normalized spacial score (nSPS) is 40.5. The van der Waals surface area contributed by atoms with E-state index in [1.54, 1.807) is 0 Å². The second-order valence-corrected chi connectivity index (χ2v) is 11.2. The molecule has 5 heteroatoms. The number of hydrogen-bond acceptors (Lipinski definition) is 5. The third-order valence-corrected chi connectivity index (χ3v) is 9.12. The van der Waals surface area contributed by atoms with Gasteiger partial charge in [0, 0.05) is 26.3 Å². The van der Waals surface area contributed by atoms with E-state index in [1.807, 2.05) is 0 Å². The molecule has 3 aliphatic rings. The van der Waals surface area contributed by atoms with Crippen LogP contribution in [0.2, 0.25) is 0 Å². The molecule has 2 unspecified atom stereocenters. The van der Waals surface area contributed by atoms with Crippen LogP contribution in [0.1, 0.15) is 72.6 Å². The van der Waals surface area contributed by atoms with Crippen molar-refractivity contribution in [3.05, 3.63) is 12.2 Å². The van der Waals surface area contributed by atoms with Crippen LogP contribution >= 0.6 is 0 Å². The quantitative estimate of drug-likeness (QED) is 0.443. The van der Waals surface area contributed by atoms with Crippen molar-refractivity contribution >= 4 is 11.9 Å². The largest absolute Gasteiger partial charge is 0.466 e. The van der Waals surface area contributed by atoms with E-state index >= 15 is 0 Å². The Kier molecular flexibility index (Phi) is 7.25. The van der Waals surface area contributed by atoms with Gasteiger partial charge in [-0.3, -0.25) is 9.59 Å². The highest BCUT2D eigenvalue weighted by Gasteiger charge is 2.57. The zero-order chi connectivity index (χ0) is 23.0. The second kappa shape index (κ2) is 9.25. The molecule has 0 aromatic carbocycles. The number of carbonyl (C=O) groups is 2. The number of esters is 2. The Labute approximate surface area is 188 Å². The Bertz CT molecular complexity index is 704. The summed E-state index contributed by atoms with van der Waals surface area (Å²) in [4.78, 5) is 25.6. The molecule has 31 heavy (non-hydrogen) atoms. The molecule has 7 atom stereocenters. The standard InChI is InChI=1S/C26H43NO4/c1-17-8-9-23-22(15-27(6)7)24(11-13-25(17,23)4)26(5)12-10-21(31-19(3)29)14-20(26)16-30-18(2)28/h20-24H,1,8-16H2,2-7H3/t20-,21+,22+,23?,24?,25-,26+/m1/s1. The van der Waals surface area contributed by atoms with Crippen LogP contribution in [-0.2, 0) is 19.1 Å². The predicted octanol–water partition coefficient (Wildman–Crippen LogP) is 4.85. The van der Waals surface area contributed by atoms with Gasteiger partial charge >= 0.3 is 11.9 Å². The molecule has 0 saturated heterocycles. The van der Waals surface area contributed by atoms with Crippen LogP contribution < -0.4 is 0 Å². The number of allylic oxidation sites excluding steroid dienone is 1. The number of nitrogens with zero attached hydrogens (tertiary/aromatic N) is 1. The maximum atomic E-state index is 11.6. The van der Waals surface area contributed by atoms with E-state index in [4.69, 9.17) is 9.47 Å². The van der Waals surface area contributed by atoms with Crippen LogP contribution in [0.5, 0.6) is 0 Å². The lowest BCUT2D eigenvalue weighted by Gasteiger charge is -2.57. The topological polar surface area (TPSA) is 55.8 Å². The SMILES string of the molecule is C=C1CCC2[C@H](CN(C)C)C([C@@]3(C)CC[C@H](OC(C)=O)C[C@@H]3COC(C)=O)CC[C@]12C. The van der Waals surface area contributed by atoms with E-state index in [0.717, 1.165) is 32.2 Å². The number of ether oxygens (including phenoxy) is 2. The van der Waals surface area contributed by atoms with Gasteiger partial charge in [-0.15, -0.1) is 0 Å². The number of rotatable bonds is 6. The van der Waals surface area contributed by atoms with Gasteiger partial charge in [0.05, 0.1) is 6.61 Å². The van der Waals surface area contributed by atoms with Gasteiger partial charge in [-0.1, -0.05) is 26.0 Å². The minimum absolute atomic E-state index is 0.0675. The Morgan fingerprint density at radius 3 is 2.39 bits per heavy atom. The maximum Gasteiger partial charge on any atom is 0.302 e. The van der Waals surface area contributed by atoms with Crippen LogP contribution in [0.15, 0.2) is 12.2 Å². The summed E-state index contributed by atoms with van der Waals surface area (Å²) in [6.45, 7) is 13.8. The summed E-state index contributed by atoms with van der Waals surface area (Å²) in [5.74, 6) is 1.59. The zero-order valence-corrected chi connectivity index (χ0v) is 20.5. The molecule has 5 nitrogen and oxygen atoms in total. The van der Waals surface area contributed by atoms with E-state index in [1.165, 1.54) is 38.7 Å². The van der Waals surface area contributed by atoms with Crippen molar-refractivity contribution < 1.29 is 19.1 Å². The average molecular weight is 434 g/mol. The summed E-state index contributed by atoms with van der Waals surface area (Å²) < 4.78 is 11.2. The lowest BCUT2D eigenvalue weighted by molar-refractivity contribution is -0.161. The zero-order valence-electron chi connectivity index (χ0n) is 20.5. The van der Waals surface area contributed by atoms with E-state index in [2.05, 4.69) is 39.4 Å². The first-order valence-corrected chi connectivity index (χ1v) is 12.1. The number of carbonyl (C=O) groups excluding carboxylic acids is 2.